The van der Waals surface area contributed by atoms with Crippen molar-refractivity contribution in [2.24, 2.45) is 0 Å². The smallest absolute Gasteiger partial charge is 0.267 e. The van der Waals surface area contributed by atoms with Gasteiger partial charge in [0.05, 0.1) is 0 Å². The van der Waals surface area contributed by atoms with Crippen LogP contribution in [0, 0.1) is 0 Å². The fourth-order valence-corrected chi connectivity index (χ4v) is 3.99. The second kappa shape index (κ2) is 7.17. The normalized spacial score (nSPS) is 16.0. The van der Waals surface area contributed by atoms with Gasteiger partial charge in [-0.1, -0.05) is 18.3 Å². The SMILES string of the molecule is CCCN(C)c1nc(N)c(C(=O)N2CCCSCC2)s1. The Labute approximate surface area is 128 Å². The van der Waals surface area contributed by atoms with Crippen LogP contribution >= 0.6 is 23.1 Å². The van der Waals surface area contributed by atoms with E-state index in [1.54, 1.807) is 0 Å². The Hall–Kier alpha value is -0.950. The number of nitrogens with zero attached hydrogens (tertiary/aromatic N) is 3. The molecule has 1 aliphatic rings. The van der Waals surface area contributed by atoms with Gasteiger partial charge in [-0.05, 0) is 18.6 Å². The number of hydrogen-bond donors (Lipinski definition) is 1. The highest BCUT2D eigenvalue weighted by atomic mass is 32.2. The topological polar surface area (TPSA) is 62.5 Å². The van der Waals surface area contributed by atoms with Crippen molar-refractivity contribution in [3.63, 3.8) is 0 Å². The van der Waals surface area contributed by atoms with E-state index in [2.05, 4.69) is 16.8 Å². The highest BCUT2D eigenvalue weighted by Gasteiger charge is 2.23. The summed E-state index contributed by atoms with van der Waals surface area (Å²) in [6, 6.07) is 0. The number of aromatic nitrogens is 1. The molecule has 1 aromatic heterocycles. The molecule has 112 valence electrons. The second-order valence-electron chi connectivity index (χ2n) is 4.89. The quantitative estimate of drug-likeness (QED) is 0.922. The summed E-state index contributed by atoms with van der Waals surface area (Å²) in [6.07, 6.45) is 2.10. The maximum absolute atomic E-state index is 12.6. The molecule has 2 N–H and O–H groups in total. The van der Waals surface area contributed by atoms with Crippen LogP contribution in [0.25, 0.3) is 0 Å². The fourth-order valence-electron chi connectivity index (χ4n) is 2.16. The minimum Gasteiger partial charge on any atom is -0.382 e. The third-order valence-corrected chi connectivity index (χ3v) is 5.45. The lowest BCUT2D eigenvalue weighted by Crippen LogP contribution is -2.32. The van der Waals surface area contributed by atoms with Crippen LogP contribution in [0.3, 0.4) is 0 Å². The molecule has 0 bridgehead atoms. The molecule has 1 amide bonds. The van der Waals surface area contributed by atoms with Gasteiger partial charge in [0.15, 0.2) is 5.13 Å². The zero-order chi connectivity index (χ0) is 14.5. The molecule has 2 rings (SSSR count). The van der Waals surface area contributed by atoms with Crippen molar-refractivity contribution in [3.05, 3.63) is 4.88 Å². The third kappa shape index (κ3) is 3.58. The Morgan fingerprint density at radius 3 is 3.00 bits per heavy atom. The summed E-state index contributed by atoms with van der Waals surface area (Å²) in [4.78, 5) is 21.4. The van der Waals surface area contributed by atoms with E-state index in [0.717, 1.165) is 49.1 Å². The first-order valence-electron chi connectivity index (χ1n) is 6.98. The zero-order valence-electron chi connectivity index (χ0n) is 12.1. The number of carbonyl (C=O) groups excluding carboxylic acids is 1. The lowest BCUT2D eigenvalue weighted by Gasteiger charge is -2.19. The second-order valence-corrected chi connectivity index (χ2v) is 7.09. The summed E-state index contributed by atoms with van der Waals surface area (Å²) in [6.45, 7) is 4.67. The lowest BCUT2D eigenvalue weighted by atomic mass is 10.3. The number of anilines is 2. The molecule has 0 unspecified atom stereocenters. The summed E-state index contributed by atoms with van der Waals surface area (Å²) in [5, 5.41) is 0.830. The monoisotopic (exact) mass is 314 g/mol. The van der Waals surface area contributed by atoms with Gasteiger partial charge in [0.1, 0.15) is 10.7 Å². The van der Waals surface area contributed by atoms with Crippen LogP contribution in [0.5, 0.6) is 0 Å². The first-order valence-corrected chi connectivity index (χ1v) is 8.95. The maximum Gasteiger partial charge on any atom is 0.267 e. The number of rotatable bonds is 4. The highest BCUT2D eigenvalue weighted by molar-refractivity contribution is 7.99. The van der Waals surface area contributed by atoms with Crippen LogP contribution in [-0.2, 0) is 0 Å². The molecule has 1 aliphatic heterocycles. The van der Waals surface area contributed by atoms with Gasteiger partial charge in [0, 0.05) is 32.4 Å². The largest absolute Gasteiger partial charge is 0.382 e. The van der Waals surface area contributed by atoms with E-state index in [1.807, 2.05) is 23.7 Å². The maximum atomic E-state index is 12.6. The first kappa shape index (κ1) is 15.4. The minimum atomic E-state index is 0.0404. The number of amides is 1. The van der Waals surface area contributed by atoms with Gasteiger partial charge in [0.25, 0.3) is 5.91 Å². The van der Waals surface area contributed by atoms with Gasteiger partial charge in [-0.15, -0.1) is 0 Å². The number of thioether (sulfide) groups is 1. The predicted octanol–water partition coefficient (Wildman–Crippen LogP) is 2.15. The Balaban J connectivity index is 2.12. The fraction of sp³-hybridized carbons (Fsp3) is 0.692. The van der Waals surface area contributed by atoms with Gasteiger partial charge in [-0.2, -0.15) is 11.8 Å². The molecule has 5 nitrogen and oxygen atoms in total. The Bertz CT molecular complexity index is 455. The van der Waals surface area contributed by atoms with Gasteiger partial charge < -0.3 is 15.5 Å². The molecule has 0 radical (unpaired) electrons. The number of carbonyl (C=O) groups is 1. The summed E-state index contributed by atoms with van der Waals surface area (Å²) in [5.74, 6) is 2.55. The van der Waals surface area contributed by atoms with E-state index in [9.17, 15) is 4.79 Å². The molecule has 1 saturated heterocycles. The van der Waals surface area contributed by atoms with E-state index in [4.69, 9.17) is 5.73 Å². The van der Waals surface area contributed by atoms with Crippen LogP contribution in [-0.4, -0.2) is 54.0 Å². The number of thiazole rings is 1. The molecular weight excluding hydrogens is 292 g/mol. The first-order chi connectivity index (χ1) is 9.63. The molecule has 0 aliphatic carbocycles. The summed E-state index contributed by atoms with van der Waals surface area (Å²) in [5.41, 5.74) is 5.94. The summed E-state index contributed by atoms with van der Waals surface area (Å²) >= 11 is 3.32. The molecule has 1 fully saturated rings. The molecule has 20 heavy (non-hydrogen) atoms. The molecule has 2 heterocycles. The molecule has 1 aromatic rings. The predicted molar refractivity (Wildman–Crippen MR) is 87.9 cm³/mol. The van der Waals surface area contributed by atoms with E-state index >= 15 is 0 Å². The third-order valence-electron chi connectivity index (χ3n) is 3.23. The van der Waals surface area contributed by atoms with Crippen LogP contribution in [0.15, 0.2) is 0 Å². The van der Waals surface area contributed by atoms with E-state index in [0.29, 0.717) is 10.7 Å². The van der Waals surface area contributed by atoms with E-state index in [1.165, 1.54) is 11.3 Å². The number of hydrogen-bond acceptors (Lipinski definition) is 6. The van der Waals surface area contributed by atoms with Crippen LogP contribution in [0.4, 0.5) is 10.9 Å². The highest BCUT2D eigenvalue weighted by Crippen LogP contribution is 2.29. The van der Waals surface area contributed by atoms with Gasteiger partial charge in [-0.3, -0.25) is 4.79 Å². The zero-order valence-corrected chi connectivity index (χ0v) is 13.7. The summed E-state index contributed by atoms with van der Waals surface area (Å²) < 4.78 is 0. The van der Waals surface area contributed by atoms with Gasteiger partial charge in [0.2, 0.25) is 0 Å². The molecule has 0 spiro atoms. The minimum absolute atomic E-state index is 0.0404. The summed E-state index contributed by atoms with van der Waals surface area (Å²) in [7, 11) is 1.98. The van der Waals surface area contributed by atoms with Crippen molar-refractivity contribution in [1.29, 1.82) is 0 Å². The standard InChI is InChI=1S/C13H22N4OS2/c1-3-5-16(2)13-15-11(14)10(20-13)12(18)17-6-4-8-19-9-7-17/h3-9,14H2,1-2H3. The molecule has 7 heteroatoms. The van der Waals surface area contributed by atoms with E-state index in [-0.39, 0.29) is 5.91 Å². The van der Waals surface area contributed by atoms with Gasteiger partial charge in [-0.25, -0.2) is 4.98 Å². The van der Waals surface area contributed by atoms with Crippen LogP contribution in [0.1, 0.15) is 29.4 Å². The number of nitrogens with two attached hydrogens (primary N) is 1. The van der Waals surface area contributed by atoms with Crippen LogP contribution < -0.4 is 10.6 Å². The molecule has 0 atom stereocenters. The Kier molecular flexibility index (Phi) is 5.54. The van der Waals surface area contributed by atoms with Crippen molar-refractivity contribution < 1.29 is 4.79 Å². The van der Waals surface area contributed by atoms with Crippen molar-refractivity contribution in [1.82, 2.24) is 9.88 Å². The molecule has 0 aromatic carbocycles. The average molecular weight is 314 g/mol. The Morgan fingerprint density at radius 2 is 2.25 bits per heavy atom. The molecular formula is C13H22N4OS2. The van der Waals surface area contributed by atoms with Crippen molar-refractivity contribution in [2.45, 2.75) is 19.8 Å². The average Bonchev–Trinajstić information content (AvgIpc) is 2.65. The van der Waals surface area contributed by atoms with E-state index < -0.39 is 0 Å². The van der Waals surface area contributed by atoms with Crippen molar-refractivity contribution >= 4 is 40.0 Å². The molecule has 0 saturated carbocycles. The van der Waals surface area contributed by atoms with Gasteiger partial charge >= 0.3 is 0 Å². The van der Waals surface area contributed by atoms with Crippen LogP contribution in [0.2, 0.25) is 0 Å². The Morgan fingerprint density at radius 1 is 1.45 bits per heavy atom. The lowest BCUT2D eigenvalue weighted by molar-refractivity contribution is 0.0774. The van der Waals surface area contributed by atoms with Crippen molar-refractivity contribution in [2.75, 3.05) is 48.8 Å². The number of nitrogen functional groups attached to an aromatic ring is 1. The van der Waals surface area contributed by atoms with Crippen molar-refractivity contribution in [3.8, 4) is 0 Å².